The van der Waals surface area contributed by atoms with Gasteiger partial charge in [-0.1, -0.05) is 24.5 Å². The molecule has 1 N–H and O–H groups in total. The van der Waals surface area contributed by atoms with E-state index in [0.717, 1.165) is 63.9 Å². The summed E-state index contributed by atoms with van der Waals surface area (Å²) in [5.41, 5.74) is -0.0557. The number of hydrogen-bond acceptors (Lipinski definition) is 5. The van der Waals surface area contributed by atoms with Crippen molar-refractivity contribution in [1.82, 2.24) is 24.8 Å². The number of piperidine rings is 3. The van der Waals surface area contributed by atoms with Crippen LogP contribution in [0.5, 0.6) is 0 Å². The molecule has 1 aromatic heterocycles. The normalized spacial score (nSPS) is 33.2. The van der Waals surface area contributed by atoms with E-state index in [1.807, 2.05) is 25.0 Å². The molecule has 1 aromatic rings. The average molecular weight is 361 g/mol. The van der Waals surface area contributed by atoms with Crippen molar-refractivity contribution >= 4 is 5.91 Å². The van der Waals surface area contributed by atoms with Crippen LogP contribution in [-0.2, 0) is 16.9 Å². The maximum Gasteiger partial charge on any atom is 0.226 e. The van der Waals surface area contributed by atoms with Gasteiger partial charge in [0.25, 0.3) is 0 Å². The lowest BCUT2D eigenvalue weighted by molar-refractivity contribution is -0.141. The third-order valence-electron chi connectivity index (χ3n) is 6.73. The molecule has 3 aliphatic heterocycles. The molecule has 1 amide bonds. The number of hydrogen-bond donors (Lipinski definition) is 1. The Balaban J connectivity index is 1.41. The number of aliphatic hydroxyl groups is 1. The van der Waals surface area contributed by atoms with Crippen LogP contribution in [0.15, 0.2) is 6.20 Å². The van der Waals surface area contributed by atoms with Gasteiger partial charge >= 0.3 is 0 Å². The van der Waals surface area contributed by atoms with Gasteiger partial charge in [0.1, 0.15) is 11.3 Å². The Morgan fingerprint density at radius 1 is 1.35 bits per heavy atom. The predicted molar refractivity (Wildman–Crippen MR) is 97.3 cm³/mol. The molecule has 7 nitrogen and oxygen atoms in total. The van der Waals surface area contributed by atoms with Crippen LogP contribution >= 0.6 is 0 Å². The summed E-state index contributed by atoms with van der Waals surface area (Å²) in [7, 11) is 3.70. The molecule has 4 aliphatic rings. The topological polar surface area (TPSA) is 74.5 Å². The summed E-state index contributed by atoms with van der Waals surface area (Å²) >= 11 is 0. The lowest BCUT2D eigenvalue weighted by Crippen LogP contribution is -2.57. The Morgan fingerprint density at radius 3 is 2.77 bits per heavy atom. The van der Waals surface area contributed by atoms with Gasteiger partial charge in [0.05, 0.1) is 18.7 Å². The van der Waals surface area contributed by atoms with E-state index < -0.39 is 5.60 Å². The van der Waals surface area contributed by atoms with Gasteiger partial charge in [0, 0.05) is 26.7 Å². The minimum atomic E-state index is -0.786. The molecule has 0 spiro atoms. The molecule has 4 atom stereocenters. The van der Waals surface area contributed by atoms with E-state index in [4.69, 9.17) is 0 Å². The first-order valence-electron chi connectivity index (χ1n) is 10.0. The number of fused-ring (bicyclic) bond motifs is 3. The van der Waals surface area contributed by atoms with Crippen LogP contribution < -0.4 is 0 Å². The van der Waals surface area contributed by atoms with Crippen LogP contribution in [0.4, 0.5) is 0 Å². The first-order valence-corrected chi connectivity index (χ1v) is 10.0. The molecule has 3 saturated heterocycles. The summed E-state index contributed by atoms with van der Waals surface area (Å²) in [6, 6.07) is 0.413. The molecule has 26 heavy (non-hydrogen) atoms. The van der Waals surface area contributed by atoms with Crippen molar-refractivity contribution < 1.29 is 9.90 Å². The molecule has 5 rings (SSSR count). The molecule has 4 heterocycles. The fourth-order valence-electron chi connectivity index (χ4n) is 5.15. The third-order valence-corrected chi connectivity index (χ3v) is 6.73. The Labute approximate surface area is 155 Å². The van der Waals surface area contributed by atoms with E-state index in [2.05, 4.69) is 15.2 Å². The average Bonchev–Trinajstić information content (AvgIpc) is 3.11. The number of rotatable bonds is 4. The number of carbonyl (C=O) groups is 1. The highest BCUT2D eigenvalue weighted by atomic mass is 16.3. The molecule has 1 unspecified atom stereocenters. The molecule has 1 saturated carbocycles. The van der Waals surface area contributed by atoms with E-state index in [1.54, 1.807) is 4.90 Å². The fourth-order valence-corrected chi connectivity index (χ4v) is 5.15. The summed E-state index contributed by atoms with van der Waals surface area (Å²) in [4.78, 5) is 16.6. The van der Waals surface area contributed by atoms with Gasteiger partial charge in [-0.2, -0.15) is 0 Å². The van der Waals surface area contributed by atoms with Gasteiger partial charge in [-0.25, -0.2) is 0 Å². The SMILES string of the molecule is CN(C)C(=O)[C@@H]1CN2CC[C@@H]1C[C@@H]2Cn1cc(C2(O)CCCCC2)nn1. The maximum absolute atomic E-state index is 12.4. The summed E-state index contributed by atoms with van der Waals surface area (Å²) in [5.74, 6) is 0.885. The summed E-state index contributed by atoms with van der Waals surface area (Å²) < 4.78 is 1.90. The maximum atomic E-state index is 12.4. The molecule has 144 valence electrons. The molecule has 7 heteroatoms. The van der Waals surface area contributed by atoms with Crippen LogP contribution in [-0.4, -0.2) is 69.0 Å². The first-order chi connectivity index (χ1) is 12.5. The van der Waals surface area contributed by atoms with Crippen LogP contribution in [0.2, 0.25) is 0 Å². The first kappa shape index (κ1) is 17.9. The highest BCUT2D eigenvalue weighted by molar-refractivity contribution is 5.79. The summed E-state index contributed by atoms with van der Waals surface area (Å²) in [6.07, 6.45) is 8.99. The van der Waals surface area contributed by atoms with E-state index in [-0.39, 0.29) is 11.8 Å². The van der Waals surface area contributed by atoms with Crippen molar-refractivity contribution in [1.29, 1.82) is 0 Å². The van der Waals surface area contributed by atoms with Crippen molar-refractivity contribution in [3.05, 3.63) is 11.9 Å². The smallest absolute Gasteiger partial charge is 0.226 e. The number of nitrogens with zero attached hydrogens (tertiary/aromatic N) is 5. The summed E-state index contributed by atoms with van der Waals surface area (Å²) in [5, 5.41) is 19.4. The van der Waals surface area contributed by atoms with Gasteiger partial charge in [0.15, 0.2) is 0 Å². The number of aromatic nitrogens is 3. The molecule has 2 bridgehead atoms. The molecular weight excluding hydrogens is 330 g/mol. The predicted octanol–water partition coefficient (Wildman–Crippen LogP) is 1.23. The second-order valence-electron chi connectivity index (χ2n) is 8.69. The van der Waals surface area contributed by atoms with Gasteiger partial charge in [-0.3, -0.25) is 14.4 Å². The molecule has 1 aliphatic carbocycles. The van der Waals surface area contributed by atoms with Gasteiger partial charge in [-0.05, 0) is 38.1 Å². The van der Waals surface area contributed by atoms with Crippen LogP contribution in [0.1, 0.15) is 50.6 Å². The lowest BCUT2D eigenvalue weighted by Gasteiger charge is -2.49. The minimum absolute atomic E-state index is 0.143. The molecule has 0 radical (unpaired) electrons. The fraction of sp³-hybridized carbons (Fsp3) is 0.842. The van der Waals surface area contributed by atoms with Gasteiger partial charge < -0.3 is 10.0 Å². The Bertz CT molecular complexity index is 652. The molecular formula is C19H31N5O2. The van der Waals surface area contributed by atoms with Crippen molar-refractivity contribution in [2.24, 2.45) is 11.8 Å². The second-order valence-corrected chi connectivity index (χ2v) is 8.69. The van der Waals surface area contributed by atoms with E-state index in [9.17, 15) is 9.90 Å². The van der Waals surface area contributed by atoms with Crippen molar-refractivity contribution in [2.45, 2.75) is 63.1 Å². The third kappa shape index (κ3) is 3.27. The van der Waals surface area contributed by atoms with Gasteiger partial charge in [0.2, 0.25) is 5.91 Å². The lowest BCUT2D eigenvalue weighted by atomic mass is 9.75. The van der Waals surface area contributed by atoms with E-state index >= 15 is 0 Å². The zero-order valence-corrected chi connectivity index (χ0v) is 16.0. The van der Waals surface area contributed by atoms with Crippen LogP contribution in [0.3, 0.4) is 0 Å². The Morgan fingerprint density at radius 2 is 2.12 bits per heavy atom. The number of carbonyl (C=O) groups excluding carboxylic acids is 1. The summed E-state index contributed by atoms with van der Waals surface area (Å²) in [6.45, 7) is 2.72. The van der Waals surface area contributed by atoms with E-state index in [1.165, 1.54) is 6.42 Å². The van der Waals surface area contributed by atoms with Gasteiger partial charge in [-0.15, -0.1) is 5.10 Å². The molecule has 0 aromatic carbocycles. The van der Waals surface area contributed by atoms with Crippen LogP contribution in [0, 0.1) is 11.8 Å². The quantitative estimate of drug-likeness (QED) is 0.873. The second kappa shape index (κ2) is 6.93. The van der Waals surface area contributed by atoms with Crippen LogP contribution in [0.25, 0.3) is 0 Å². The Hall–Kier alpha value is -1.47. The Kier molecular flexibility index (Phi) is 4.77. The zero-order chi connectivity index (χ0) is 18.3. The minimum Gasteiger partial charge on any atom is -0.383 e. The monoisotopic (exact) mass is 361 g/mol. The number of amides is 1. The zero-order valence-electron chi connectivity index (χ0n) is 16.0. The standard InChI is InChI=1S/C19H31N5O2/c1-22(2)18(25)16-12-23-9-6-14(16)10-15(23)11-24-13-17(20-21-24)19(26)7-4-3-5-8-19/h13-16,26H,3-12H2,1-2H3/t14-,15-,16-/m1/s1. The highest BCUT2D eigenvalue weighted by Gasteiger charge is 2.44. The van der Waals surface area contributed by atoms with E-state index in [0.29, 0.717) is 12.0 Å². The van der Waals surface area contributed by atoms with Crippen molar-refractivity contribution in [3.63, 3.8) is 0 Å². The molecule has 4 fully saturated rings. The van der Waals surface area contributed by atoms with Crippen molar-refractivity contribution in [2.75, 3.05) is 27.2 Å². The highest BCUT2D eigenvalue weighted by Crippen LogP contribution is 2.38. The largest absolute Gasteiger partial charge is 0.383 e. The van der Waals surface area contributed by atoms with Crippen molar-refractivity contribution in [3.8, 4) is 0 Å².